The number of carbonyl (C=O) groups is 1. The van der Waals surface area contributed by atoms with E-state index >= 15 is 0 Å². The van der Waals surface area contributed by atoms with Gasteiger partial charge in [-0.05, 0) is 5.56 Å². The van der Waals surface area contributed by atoms with Gasteiger partial charge in [0.05, 0.1) is 20.8 Å². The van der Waals surface area contributed by atoms with Gasteiger partial charge in [-0.15, -0.1) is 0 Å². The highest BCUT2D eigenvalue weighted by atomic mass is 16.5. The van der Waals surface area contributed by atoms with Gasteiger partial charge < -0.3 is 25.3 Å². The van der Waals surface area contributed by atoms with Crippen LogP contribution in [0, 0.1) is 0 Å². The summed E-state index contributed by atoms with van der Waals surface area (Å²) in [6.45, 7) is 0.725. The van der Waals surface area contributed by atoms with Crippen molar-refractivity contribution in [2.75, 3.05) is 27.4 Å². The number of nitrogens with one attached hydrogen (secondary N) is 1. The molecule has 25 heavy (non-hydrogen) atoms. The largest absolute Gasteiger partial charge is 0.496 e. The van der Waals surface area contributed by atoms with E-state index in [9.17, 15) is 4.79 Å². The van der Waals surface area contributed by atoms with E-state index in [2.05, 4.69) is 5.32 Å². The van der Waals surface area contributed by atoms with Crippen molar-refractivity contribution < 1.29 is 19.0 Å². The molecule has 0 aliphatic carbocycles. The van der Waals surface area contributed by atoms with Gasteiger partial charge in [0.25, 0.3) is 0 Å². The molecule has 0 radical (unpaired) electrons. The van der Waals surface area contributed by atoms with Crippen molar-refractivity contribution in [1.29, 1.82) is 0 Å². The van der Waals surface area contributed by atoms with Crippen LogP contribution in [0.15, 0.2) is 48.5 Å². The molecule has 1 atom stereocenters. The van der Waals surface area contributed by atoms with E-state index in [1.807, 2.05) is 30.3 Å². The summed E-state index contributed by atoms with van der Waals surface area (Å²) < 4.78 is 16.0. The standard InChI is InChI=1S/C19H24N2O4/c1-23-15-10-16(24-2)12-17(11-15)25-9-8-21-19(22)13-18(20)14-6-4-3-5-7-14/h3-7,10-12,18H,8-9,13,20H2,1-2H3,(H,21,22). The minimum Gasteiger partial charge on any atom is -0.496 e. The van der Waals surface area contributed by atoms with E-state index in [1.165, 1.54) is 0 Å². The molecule has 0 spiro atoms. The molecule has 2 rings (SSSR count). The Morgan fingerprint density at radius 3 is 2.24 bits per heavy atom. The maximum atomic E-state index is 12.0. The number of benzene rings is 2. The highest BCUT2D eigenvalue weighted by Crippen LogP contribution is 2.27. The molecule has 6 heteroatoms. The Morgan fingerprint density at radius 1 is 1.04 bits per heavy atom. The molecule has 1 unspecified atom stereocenters. The molecule has 134 valence electrons. The van der Waals surface area contributed by atoms with Gasteiger partial charge in [0.1, 0.15) is 23.9 Å². The van der Waals surface area contributed by atoms with Gasteiger partial charge in [0.15, 0.2) is 0 Å². The fraction of sp³-hybridized carbons (Fsp3) is 0.316. The van der Waals surface area contributed by atoms with E-state index in [1.54, 1.807) is 32.4 Å². The Morgan fingerprint density at radius 2 is 1.64 bits per heavy atom. The summed E-state index contributed by atoms with van der Waals surface area (Å²) in [6, 6.07) is 14.5. The summed E-state index contributed by atoms with van der Waals surface area (Å²) in [6.07, 6.45) is 0.233. The maximum absolute atomic E-state index is 12.0. The zero-order valence-corrected chi connectivity index (χ0v) is 14.5. The summed E-state index contributed by atoms with van der Waals surface area (Å²) in [5.74, 6) is 1.80. The molecule has 6 nitrogen and oxygen atoms in total. The van der Waals surface area contributed by atoms with Gasteiger partial charge in [-0.3, -0.25) is 4.79 Å². The average molecular weight is 344 g/mol. The molecular formula is C19H24N2O4. The summed E-state index contributed by atoms with van der Waals surface area (Å²) in [5.41, 5.74) is 6.98. The molecule has 3 N–H and O–H groups in total. The summed E-state index contributed by atoms with van der Waals surface area (Å²) in [5, 5.41) is 2.80. The number of methoxy groups -OCH3 is 2. The lowest BCUT2D eigenvalue weighted by Crippen LogP contribution is -2.30. The fourth-order valence-corrected chi connectivity index (χ4v) is 2.31. The Bertz CT molecular complexity index is 654. The first-order valence-electron chi connectivity index (χ1n) is 8.05. The van der Waals surface area contributed by atoms with Crippen molar-refractivity contribution in [2.24, 2.45) is 5.73 Å². The molecule has 0 aliphatic rings. The van der Waals surface area contributed by atoms with Crippen LogP contribution >= 0.6 is 0 Å². The molecule has 1 amide bonds. The Labute approximate surface area is 147 Å². The monoisotopic (exact) mass is 344 g/mol. The second kappa shape index (κ2) is 9.54. The second-order valence-electron chi connectivity index (χ2n) is 5.47. The van der Waals surface area contributed by atoms with Gasteiger partial charge >= 0.3 is 0 Å². The van der Waals surface area contributed by atoms with E-state index in [-0.39, 0.29) is 18.4 Å². The molecule has 2 aromatic rings. The van der Waals surface area contributed by atoms with Crippen LogP contribution in [-0.2, 0) is 4.79 Å². The zero-order chi connectivity index (χ0) is 18.1. The highest BCUT2D eigenvalue weighted by molar-refractivity contribution is 5.76. The smallest absolute Gasteiger partial charge is 0.222 e. The molecule has 0 saturated carbocycles. The van der Waals surface area contributed by atoms with E-state index in [0.717, 1.165) is 5.56 Å². The van der Waals surface area contributed by atoms with Crippen molar-refractivity contribution in [3.05, 3.63) is 54.1 Å². The SMILES string of the molecule is COc1cc(OC)cc(OCCNC(=O)CC(N)c2ccccc2)c1. The van der Waals surface area contributed by atoms with Gasteiger partial charge in [-0.1, -0.05) is 30.3 Å². The lowest BCUT2D eigenvalue weighted by Gasteiger charge is -2.13. The normalized spacial score (nSPS) is 11.5. The molecule has 0 aromatic heterocycles. The highest BCUT2D eigenvalue weighted by Gasteiger charge is 2.11. The van der Waals surface area contributed by atoms with Crippen LogP contribution in [-0.4, -0.2) is 33.3 Å². The number of nitrogens with two attached hydrogens (primary N) is 1. The third-order valence-electron chi connectivity index (χ3n) is 3.65. The number of rotatable bonds is 9. The first-order chi connectivity index (χ1) is 12.1. The number of amides is 1. The Balaban J connectivity index is 1.74. The van der Waals surface area contributed by atoms with Crippen LogP contribution in [0.2, 0.25) is 0 Å². The third-order valence-corrected chi connectivity index (χ3v) is 3.65. The first-order valence-corrected chi connectivity index (χ1v) is 8.05. The van der Waals surface area contributed by atoms with Gasteiger partial charge in [0, 0.05) is 30.7 Å². The van der Waals surface area contributed by atoms with Gasteiger partial charge in [0.2, 0.25) is 5.91 Å². The topological polar surface area (TPSA) is 82.8 Å². The van der Waals surface area contributed by atoms with Crippen LogP contribution in [0.1, 0.15) is 18.0 Å². The molecule has 0 fully saturated rings. The maximum Gasteiger partial charge on any atom is 0.222 e. The van der Waals surface area contributed by atoms with Crippen LogP contribution in [0.25, 0.3) is 0 Å². The Kier molecular flexibility index (Phi) is 7.10. The quantitative estimate of drug-likeness (QED) is 0.682. The lowest BCUT2D eigenvalue weighted by atomic mass is 10.0. The summed E-state index contributed by atoms with van der Waals surface area (Å²) >= 11 is 0. The molecule has 0 bridgehead atoms. The predicted octanol–water partition coefficient (Wildman–Crippen LogP) is 2.29. The Hall–Kier alpha value is -2.73. The molecular weight excluding hydrogens is 320 g/mol. The molecule has 0 heterocycles. The summed E-state index contributed by atoms with van der Waals surface area (Å²) in [4.78, 5) is 12.0. The van der Waals surface area contributed by atoms with Crippen LogP contribution in [0.3, 0.4) is 0 Å². The van der Waals surface area contributed by atoms with E-state index in [4.69, 9.17) is 19.9 Å². The minimum atomic E-state index is -0.315. The van der Waals surface area contributed by atoms with E-state index < -0.39 is 0 Å². The van der Waals surface area contributed by atoms with Crippen LogP contribution in [0.5, 0.6) is 17.2 Å². The predicted molar refractivity (Wildman–Crippen MR) is 96.0 cm³/mol. The fourth-order valence-electron chi connectivity index (χ4n) is 2.31. The van der Waals surface area contributed by atoms with Crippen molar-refractivity contribution >= 4 is 5.91 Å². The zero-order valence-electron chi connectivity index (χ0n) is 14.5. The van der Waals surface area contributed by atoms with Crippen molar-refractivity contribution in [1.82, 2.24) is 5.32 Å². The molecule has 0 saturated heterocycles. The number of hydrogen-bond donors (Lipinski definition) is 2. The third kappa shape index (κ3) is 6.00. The average Bonchev–Trinajstić information content (AvgIpc) is 2.65. The van der Waals surface area contributed by atoms with Crippen LogP contribution in [0.4, 0.5) is 0 Å². The second-order valence-corrected chi connectivity index (χ2v) is 5.47. The molecule has 0 aliphatic heterocycles. The summed E-state index contributed by atoms with van der Waals surface area (Å²) in [7, 11) is 3.16. The number of ether oxygens (including phenoxy) is 3. The molecule has 2 aromatic carbocycles. The van der Waals surface area contributed by atoms with Gasteiger partial charge in [-0.2, -0.15) is 0 Å². The van der Waals surface area contributed by atoms with Crippen molar-refractivity contribution in [3.63, 3.8) is 0 Å². The van der Waals surface area contributed by atoms with Crippen LogP contribution < -0.4 is 25.3 Å². The lowest BCUT2D eigenvalue weighted by molar-refractivity contribution is -0.121. The number of hydrogen-bond acceptors (Lipinski definition) is 5. The first kappa shape index (κ1) is 18.6. The number of carbonyl (C=O) groups excluding carboxylic acids is 1. The van der Waals surface area contributed by atoms with Crippen molar-refractivity contribution in [2.45, 2.75) is 12.5 Å². The van der Waals surface area contributed by atoms with E-state index in [0.29, 0.717) is 30.4 Å². The van der Waals surface area contributed by atoms with Gasteiger partial charge in [-0.25, -0.2) is 0 Å². The minimum absolute atomic E-state index is 0.108. The van der Waals surface area contributed by atoms with Crippen molar-refractivity contribution in [3.8, 4) is 17.2 Å².